The fraction of sp³-hybridized carbons (Fsp3) is 0.0588. The number of nitrogens with zero attached hydrogens (tertiary/aromatic N) is 2. The quantitative estimate of drug-likeness (QED) is 0.568. The Morgan fingerprint density at radius 1 is 1.21 bits per heavy atom. The molecule has 0 unspecified atom stereocenters. The smallest absolute Gasteiger partial charge is 0.270 e. The highest BCUT2D eigenvalue weighted by molar-refractivity contribution is 7.14. The van der Waals surface area contributed by atoms with Crippen molar-refractivity contribution in [3.05, 3.63) is 75.2 Å². The Labute approximate surface area is 141 Å². The number of nitrogens with one attached hydrogen (secondary N) is 1. The number of carbonyl (C=O) groups is 1. The van der Waals surface area contributed by atoms with E-state index in [9.17, 15) is 14.9 Å². The first-order valence-electron chi connectivity index (χ1n) is 7.11. The van der Waals surface area contributed by atoms with E-state index in [2.05, 4.69) is 10.3 Å². The minimum absolute atomic E-state index is 0.00532. The molecule has 0 radical (unpaired) electrons. The minimum Gasteiger partial charge on any atom is -0.298 e. The van der Waals surface area contributed by atoms with Gasteiger partial charge in [0.2, 0.25) is 0 Å². The summed E-state index contributed by atoms with van der Waals surface area (Å²) in [5, 5.41) is 15.8. The van der Waals surface area contributed by atoms with Crippen LogP contribution >= 0.6 is 11.3 Å². The van der Waals surface area contributed by atoms with Gasteiger partial charge in [0.1, 0.15) is 0 Å². The van der Waals surface area contributed by atoms with Crippen molar-refractivity contribution >= 4 is 28.1 Å². The molecule has 7 heteroatoms. The van der Waals surface area contributed by atoms with Crippen molar-refractivity contribution in [3.63, 3.8) is 0 Å². The van der Waals surface area contributed by atoms with E-state index in [1.54, 1.807) is 29.6 Å². The number of amides is 1. The molecule has 6 nitrogen and oxygen atoms in total. The number of carbonyl (C=O) groups excluding carboxylic acids is 1. The summed E-state index contributed by atoms with van der Waals surface area (Å²) in [4.78, 5) is 26.9. The zero-order valence-corrected chi connectivity index (χ0v) is 13.5. The molecule has 0 aliphatic carbocycles. The molecule has 0 fully saturated rings. The highest BCUT2D eigenvalue weighted by Crippen LogP contribution is 2.27. The normalized spacial score (nSPS) is 10.4. The lowest BCUT2D eigenvalue weighted by atomic mass is 10.1. The number of nitro groups is 1. The fourth-order valence-corrected chi connectivity index (χ4v) is 2.83. The molecule has 1 heterocycles. The lowest BCUT2D eigenvalue weighted by molar-refractivity contribution is -0.384. The van der Waals surface area contributed by atoms with Crippen LogP contribution in [0, 0.1) is 17.0 Å². The Kier molecular flexibility index (Phi) is 4.35. The van der Waals surface area contributed by atoms with E-state index < -0.39 is 4.92 Å². The number of aromatic nitrogens is 1. The summed E-state index contributed by atoms with van der Waals surface area (Å²) >= 11 is 1.27. The second kappa shape index (κ2) is 6.59. The van der Waals surface area contributed by atoms with Crippen LogP contribution in [0.2, 0.25) is 0 Å². The molecule has 1 amide bonds. The minimum atomic E-state index is -0.448. The second-order valence-corrected chi connectivity index (χ2v) is 6.02. The molecular formula is C17H13N3O3S. The first kappa shape index (κ1) is 15.8. The number of non-ortho nitro benzene ring substituents is 1. The molecule has 0 saturated carbocycles. The third-order valence-corrected chi connectivity index (χ3v) is 4.15. The molecule has 0 atom stereocenters. The van der Waals surface area contributed by atoms with Crippen LogP contribution in [0.15, 0.2) is 53.9 Å². The van der Waals surface area contributed by atoms with Crippen molar-refractivity contribution in [2.24, 2.45) is 0 Å². The van der Waals surface area contributed by atoms with Gasteiger partial charge in [-0.3, -0.25) is 20.2 Å². The number of anilines is 1. The van der Waals surface area contributed by atoms with Crippen LogP contribution in [0.1, 0.15) is 15.9 Å². The van der Waals surface area contributed by atoms with Crippen molar-refractivity contribution in [3.8, 4) is 11.3 Å². The second-order valence-electron chi connectivity index (χ2n) is 5.17. The van der Waals surface area contributed by atoms with Crippen molar-refractivity contribution in [2.75, 3.05) is 5.32 Å². The SMILES string of the molecule is Cc1ccc(C(=O)Nc2nc(-c3cccc([N+](=O)[O-])c3)cs2)cc1. The molecule has 2 aromatic carbocycles. The predicted molar refractivity (Wildman–Crippen MR) is 93.3 cm³/mol. The van der Waals surface area contributed by atoms with E-state index in [1.807, 2.05) is 19.1 Å². The van der Waals surface area contributed by atoms with Crippen LogP contribution in [-0.4, -0.2) is 15.8 Å². The lowest BCUT2D eigenvalue weighted by Gasteiger charge is -2.02. The van der Waals surface area contributed by atoms with Crippen LogP contribution in [0.25, 0.3) is 11.3 Å². The first-order chi connectivity index (χ1) is 11.5. The van der Waals surface area contributed by atoms with Crippen LogP contribution in [0.5, 0.6) is 0 Å². The Morgan fingerprint density at radius 3 is 2.67 bits per heavy atom. The van der Waals surface area contributed by atoms with Gasteiger partial charge in [-0.25, -0.2) is 4.98 Å². The molecule has 0 bridgehead atoms. The van der Waals surface area contributed by atoms with Crippen LogP contribution in [0.4, 0.5) is 10.8 Å². The zero-order chi connectivity index (χ0) is 17.1. The summed E-state index contributed by atoms with van der Waals surface area (Å²) in [7, 11) is 0. The Bertz CT molecular complexity index is 903. The van der Waals surface area contributed by atoms with Crippen molar-refractivity contribution in [1.82, 2.24) is 4.98 Å². The number of hydrogen-bond donors (Lipinski definition) is 1. The van der Waals surface area contributed by atoms with Gasteiger partial charge in [-0.15, -0.1) is 11.3 Å². The Morgan fingerprint density at radius 2 is 1.96 bits per heavy atom. The third-order valence-electron chi connectivity index (χ3n) is 3.39. The largest absolute Gasteiger partial charge is 0.298 e. The monoisotopic (exact) mass is 339 g/mol. The van der Waals surface area contributed by atoms with Gasteiger partial charge in [0.15, 0.2) is 5.13 Å². The number of nitro benzene ring substituents is 1. The van der Waals surface area contributed by atoms with Crippen LogP contribution in [-0.2, 0) is 0 Å². The van der Waals surface area contributed by atoms with Gasteiger partial charge < -0.3 is 0 Å². The maximum atomic E-state index is 12.2. The molecule has 0 aliphatic heterocycles. The molecule has 0 aliphatic rings. The molecule has 1 aromatic heterocycles. The summed E-state index contributed by atoms with van der Waals surface area (Å²) in [5.74, 6) is -0.241. The van der Waals surface area contributed by atoms with E-state index in [4.69, 9.17) is 0 Å². The van der Waals surface area contributed by atoms with Crippen LogP contribution < -0.4 is 5.32 Å². The van der Waals surface area contributed by atoms with Gasteiger partial charge in [-0.05, 0) is 19.1 Å². The molecule has 3 aromatic rings. The van der Waals surface area contributed by atoms with E-state index in [0.717, 1.165) is 5.56 Å². The average molecular weight is 339 g/mol. The molecular weight excluding hydrogens is 326 g/mol. The van der Waals surface area contributed by atoms with Gasteiger partial charge in [0.25, 0.3) is 11.6 Å². The van der Waals surface area contributed by atoms with E-state index in [-0.39, 0.29) is 11.6 Å². The van der Waals surface area contributed by atoms with E-state index >= 15 is 0 Å². The number of thiazole rings is 1. The maximum absolute atomic E-state index is 12.2. The Hall–Kier alpha value is -3.06. The van der Waals surface area contributed by atoms with Gasteiger partial charge in [0, 0.05) is 28.6 Å². The number of hydrogen-bond acceptors (Lipinski definition) is 5. The summed E-state index contributed by atoms with van der Waals surface area (Å²) in [6.45, 7) is 1.95. The molecule has 120 valence electrons. The van der Waals surface area contributed by atoms with Gasteiger partial charge in [-0.1, -0.05) is 29.8 Å². The Balaban J connectivity index is 1.78. The van der Waals surface area contributed by atoms with Crippen LogP contribution in [0.3, 0.4) is 0 Å². The molecule has 3 rings (SSSR count). The number of aryl methyl sites for hydroxylation is 1. The summed E-state index contributed by atoms with van der Waals surface area (Å²) in [6.07, 6.45) is 0. The van der Waals surface area contributed by atoms with Crippen molar-refractivity contribution in [1.29, 1.82) is 0 Å². The van der Waals surface area contributed by atoms with Gasteiger partial charge >= 0.3 is 0 Å². The number of benzene rings is 2. The molecule has 0 saturated heterocycles. The number of rotatable bonds is 4. The highest BCUT2D eigenvalue weighted by Gasteiger charge is 2.12. The van der Waals surface area contributed by atoms with Gasteiger partial charge in [-0.2, -0.15) is 0 Å². The lowest BCUT2D eigenvalue weighted by Crippen LogP contribution is -2.11. The van der Waals surface area contributed by atoms with Gasteiger partial charge in [0.05, 0.1) is 10.6 Å². The molecule has 0 spiro atoms. The predicted octanol–water partition coefficient (Wildman–Crippen LogP) is 4.28. The summed E-state index contributed by atoms with van der Waals surface area (Å²) < 4.78 is 0. The average Bonchev–Trinajstić information content (AvgIpc) is 3.04. The van der Waals surface area contributed by atoms with E-state index in [0.29, 0.717) is 22.0 Å². The summed E-state index contributed by atoms with van der Waals surface area (Å²) in [6, 6.07) is 13.5. The van der Waals surface area contributed by atoms with Crippen molar-refractivity contribution < 1.29 is 9.72 Å². The summed E-state index contributed by atoms with van der Waals surface area (Å²) in [5.41, 5.74) is 2.85. The third kappa shape index (κ3) is 3.47. The zero-order valence-electron chi connectivity index (χ0n) is 12.7. The topological polar surface area (TPSA) is 85.1 Å². The maximum Gasteiger partial charge on any atom is 0.270 e. The standard InChI is InChI=1S/C17H13N3O3S/c1-11-5-7-12(8-6-11)16(21)19-17-18-15(10-24-17)13-3-2-4-14(9-13)20(22)23/h2-10H,1H3,(H,18,19,21). The first-order valence-corrected chi connectivity index (χ1v) is 7.99. The fourth-order valence-electron chi connectivity index (χ4n) is 2.12. The molecule has 24 heavy (non-hydrogen) atoms. The van der Waals surface area contributed by atoms with E-state index in [1.165, 1.54) is 23.5 Å². The van der Waals surface area contributed by atoms with Crippen molar-refractivity contribution in [2.45, 2.75) is 6.92 Å². The highest BCUT2D eigenvalue weighted by atomic mass is 32.1. The molecule has 1 N–H and O–H groups in total.